The molecule has 3 rings (SSSR count). The van der Waals surface area contributed by atoms with Crippen LogP contribution in [0.25, 0.3) is 0 Å². The minimum Gasteiger partial charge on any atom is -0.330 e. The van der Waals surface area contributed by atoms with Gasteiger partial charge >= 0.3 is 0 Å². The van der Waals surface area contributed by atoms with E-state index in [9.17, 15) is 13.2 Å². The fourth-order valence-corrected chi connectivity index (χ4v) is 4.51. The van der Waals surface area contributed by atoms with Gasteiger partial charge < -0.3 is 9.88 Å². The third kappa shape index (κ3) is 2.14. The number of anilines is 1. The molecule has 1 amide bonds. The summed E-state index contributed by atoms with van der Waals surface area (Å²) in [5, 5.41) is 2.72. The van der Waals surface area contributed by atoms with Crippen LogP contribution in [0, 0.1) is 20.8 Å². The fraction of sp³-hybridized carbons (Fsp3) is 0.312. The zero-order valence-corrected chi connectivity index (χ0v) is 13.6. The Bertz CT molecular complexity index is 862. The van der Waals surface area contributed by atoms with Gasteiger partial charge in [-0.3, -0.25) is 4.79 Å². The topological polar surface area (TPSA) is 68.2 Å². The molecule has 1 N–H and O–H groups in total. The first-order chi connectivity index (χ1) is 10.3. The van der Waals surface area contributed by atoms with Crippen molar-refractivity contribution in [3.8, 4) is 0 Å². The van der Waals surface area contributed by atoms with Gasteiger partial charge in [0.25, 0.3) is 0 Å². The van der Waals surface area contributed by atoms with Crippen LogP contribution in [0.4, 0.5) is 5.82 Å². The van der Waals surface area contributed by atoms with E-state index < -0.39 is 9.84 Å². The number of carbonyl (C=O) groups is 1. The molecule has 5 nitrogen and oxygen atoms in total. The van der Waals surface area contributed by atoms with Crippen molar-refractivity contribution in [3.63, 3.8) is 0 Å². The Morgan fingerprint density at radius 1 is 1.09 bits per heavy atom. The molecule has 116 valence electrons. The maximum atomic E-state index is 13.0. The van der Waals surface area contributed by atoms with Crippen LogP contribution in [0.1, 0.15) is 23.2 Å². The molecule has 0 unspecified atom stereocenters. The monoisotopic (exact) mass is 318 g/mol. The van der Waals surface area contributed by atoms with E-state index in [1.807, 2.05) is 18.4 Å². The molecule has 1 aromatic carbocycles. The third-order valence-electron chi connectivity index (χ3n) is 4.19. The number of sulfone groups is 1. The molecule has 1 aromatic heterocycles. The molecule has 2 aromatic rings. The Morgan fingerprint density at radius 3 is 2.36 bits per heavy atom. The molecule has 0 bridgehead atoms. The Kier molecular flexibility index (Phi) is 3.36. The maximum absolute atomic E-state index is 13.0. The van der Waals surface area contributed by atoms with Crippen molar-refractivity contribution < 1.29 is 13.2 Å². The number of aromatic nitrogens is 1. The molecule has 0 saturated heterocycles. The highest BCUT2D eigenvalue weighted by Gasteiger charge is 2.32. The van der Waals surface area contributed by atoms with Crippen LogP contribution in [0.15, 0.2) is 34.1 Å². The Balaban J connectivity index is 2.24. The molecular weight excluding hydrogens is 300 g/mol. The van der Waals surface area contributed by atoms with Crippen LogP contribution >= 0.6 is 0 Å². The molecule has 0 saturated carbocycles. The highest BCUT2D eigenvalue weighted by atomic mass is 32.2. The summed E-state index contributed by atoms with van der Waals surface area (Å²) >= 11 is 0. The van der Waals surface area contributed by atoms with Crippen molar-refractivity contribution in [1.82, 2.24) is 4.57 Å². The van der Waals surface area contributed by atoms with E-state index in [4.69, 9.17) is 0 Å². The Hall–Kier alpha value is -2.08. The molecule has 0 spiro atoms. The molecule has 0 atom stereocenters. The fourth-order valence-electron chi connectivity index (χ4n) is 2.81. The van der Waals surface area contributed by atoms with Gasteiger partial charge in [-0.25, -0.2) is 8.42 Å². The molecule has 6 heteroatoms. The second-order valence-electron chi connectivity index (χ2n) is 5.65. The molecule has 0 radical (unpaired) electrons. The van der Waals surface area contributed by atoms with Gasteiger partial charge in [-0.05, 0) is 38.5 Å². The highest BCUT2D eigenvalue weighted by Crippen LogP contribution is 2.36. The zero-order chi connectivity index (χ0) is 16.1. The van der Waals surface area contributed by atoms with Crippen LogP contribution in [0.3, 0.4) is 0 Å². The zero-order valence-electron chi connectivity index (χ0n) is 12.8. The van der Waals surface area contributed by atoms with Crippen LogP contribution in [-0.2, 0) is 21.2 Å². The predicted molar refractivity (Wildman–Crippen MR) is 83.8 cm³/mol. The van der Waals surface area contributed by atoms with Crippen molar-refractivity contribution >= 4 is 21.6 Å². The van der Waals surface area contributed by atoms with Gasteiger partial charge in [-0.1, -0.05) is 17.7 Å². The average molecular weight is 318 g/mol. The molecule has 0 fully saturated rings. The lowest BCUT2D eigenvalue weighted by atomic mass is 10.2. The van der Waals surface area contributed by atoms with E-state index in [-0.39, 0.29) is 15.7 Å². The Morgan fingerprint density at radius 2 is 1.73 bits per heavy atom. The summed E-state index contributed by atoms with van der Waals surface area (Å²) in [7, 11) is -3.67. The number of carbonyl (C=O) groups excluding carboxylic acids is 1. The lowest BCUT2D eigenvalue weighted by molar-refractivity contribution is -0.116. The quantitative estimate of drug-likeness (QED) is 0.925. The van der Waals surface area contributed by atoms with Crippen molar-refractivity contribution in [2.24, 2.45) is 0 Å². The molecule has 2 heterocycles. The van der Waals surface area contributed by atoms with Gasteiger partial charge in [0.2, 0.25) is 15.7 Å². The number of nitrogens with zero attached hydrogens (tertiary/aromatic N) is 1. The van der Waals surface area contributed by atoms with Crippen LogP contribution in [0.2, 0.25) is 0 Å². The van der Waals surface area contributed by atoms with Crippen LogP contribution in [-0.4, -0.2) is 18.9 Å². The summed E-state index contributed by atoms with van der Waals surface area (Å²) in [6.07, 6.45) is 0.367. The summed E-state index contributed by atoms with van der Waals surface area (Å²) in [6, 6.07) is 6.76. The second-order valence-corrected chi connectivity index (χ2v) is 7.54. The summed E-state index contributed by atoms with van der Waals surface area (Å²) in [5.41, 5.74) is 2.57. The minimum absolute atomic E-state index is 0.148. The van der Waals surface area contributed by atoms with Crippen molar-refractivity contribution in [2.45, 2.75) is 43.5 Å². The lowest BCUT2D eigenvalue weighted by Crippen LogP contribution is -2.24. The number of hydrogen-bond donors (Lipinski definition) is 1. The number of fused-ring (bicyclic) bond motifs is 1. The van der Waals surface area contributed by atoms with Gasteiger partial charge in [0.05, 0.1) is 4.90 Å². The molecule has 0 aliphatic carbocycles. The van der Waals surface area contributed by atoms with E-state index >= 15 is 0 Å². The number of hydrogen-bond acceptors (Lipinski definition) is 3. The van der Waals surface area contributed by atoms with E-state index in [1.165, 1.54) is 0 Å². The summed E-state index contributed by atoms with van der Waals surface area (Å²) in [5.74, 6) is 0.247. The van der Waals surface area contributed by atoms with Gasteiger partial charge in [0.1, 0.15) is 10.7 Å². The molecule has 1 aliphatic rings. The number of benzene rings is 1. The largest absolute Gasteiger partial charge is 0.330 e. The van der Waals surface area contributed by atoms with Crippen LogP contribution < -0.4 is 5.32 Å². The number of rotatable bonds is 2. The third-order valence-corrected chi connectivity index (χ3v) is 6.12. The number of aryl methyl sites for hydroxylation is 1. The first kappa shape index (κ1) is 14.8. The first-order valence-electron chi connectivity index (χ1n) is 7.13. The summed E-state index contributed by atoms with van der Waals surface area (Å²) in [6.45, 7) is 6.09. The van der Waals surface area contributed by atoms with Gasteiger partial charge in [-0.2, -0.15) is 0 Å². The number of nitrogens with one attached hydrogen (secondary N) is 1. The number of amides is 1. The van der Waals surface area contributed by atoms with Gasteiger partial charge in [-0.15, -0.1) is 0 Å². The molecule has 22 heavy (non-hydrogen) atoms. The maximum Gasteiger partial charge on any atom is 0.227 e. The predicted octanol–water partition coefficient (Wildman–Crippen LogP) is 2.59. The smallest absolute Gasteiger partial charge is 0.227 e. The SMILES string of the molecule is Cc1ccc(S(=O)(=O)c2c(C)c(C)n3c2NC(=O)CC3)cc1. The van der Waals surface area contributed by atoms with E-state index in [1.54, 1.807) is 31.2 Å². The van der Waals surface area contributed by atoms with Crippen molar-refractivity contribution in [2.75, 3.05) is 5.32 Å². The molecule has 1 aliphatic heterocycles. The van der Waals surface area contributed by atoms with Gasteiger partial charge in [0.15, 0.2) is 0 Å². The lowest BCUT2D eigenvalue weighted by Gasteiger charge is -2.18. The van der Waals surface area contributed by atoms with Gasteiger partial charge in [0, 0.05) is 18.7 Å². The molecular formula is C16H18N2O3S. The highest BCUT2D eigenvalue weighted by molar-refractivity contribution is 7.91. The van der Waals surface area contributed by atoms with Crippen molar-refractivity contribution in [1.29, 1.82) is 0 Å². The van der Waals surface area contributed by atoms with Crippen LogP contribution in [0.5, 0.6) is 0 Å². The first-order valence-corrected chi connectivity index (χ1v) is 8.62. The van der Waals surface area contributed by atoms with Crippen molar-refractivity contribution in [3.05, 3.63) is 41.1 Å². The summed E-state index contributed by atoms with van der Waals surface area (Å²) < 4.78 is 27.9. The Labute approximate surface area is 129 Å². The average Bonchev–Trinajstić information content (AvgIpc) is 2.71. The standard InChI is InChI=1S/C16H18N2O3S/c1-10-4-6-13(7-5-10)22(20,21)15-11(2)12(3)18-9-8-14(19)17-16(15)18/h4-7H,8-9H2,1-3H3,(H,17,19). The van der Waals surface area contributed by atoms with E-state index in [0.717, 1.165) is 11.3 Å². The second kappa shape index (κ2) is 4.98. The normalized spacial score (nSPS) is 14.6. The summed E-state index contributed by atoms with van der Waals surface area (Å²) in [4.78, 5) is 12.1. The van der Waals surface area contributed by atoms with E-state index in [2.05, 4.69) is 5.32 Å². The minimum atomic E-state index is -3.67. The van der Waals surface area contributed by atoms with E-state index in [0.29, 0.717) is 24.3 Å².